The Kier molecular flexibility index (Phi) is 4.74. The number of hydrogen-bond donors (Lipinski definition) is 1. The van der Waals surface area contributed by atoms with Crippen molar-refractivity contribution in [2.75, 3.05) is 6.54 Å². The number of halogens is 2. The molecule has 0 aromatic carbocycles. The summed E-state index contributed by atoms with van der Waals surface area (Å²) in [5.74, 6) is 1.24. The van der Waals surface area contributed by atoms with Crippen LogP contribution in [0.2, 0.25) is 10.0 Å². The van der Waals surface area contributed by atoms with Crippen LogP contribution in [0.1, 0.15) is 19.2 Å². The smallest absolute Gasteiger partial charge is 0.227 e. The van der Waals surface area contributed by atoms with E-state index in [9.17, 15) is 0 Å². The van der Waals surface area contributed by atoms with Crippen LogP contribution in [0.4, 0.5) is 0 Å². The van der Waals surface area contributed by atoms with E-state index in [1.807, 2.05) is 0 Å². The number of aromatic nitrogens is 3. The summed E-state index contributed by atoms with van der Waals surface area (Å²) in [6.07, 6.45) is 3.12. The van der Waals surface area contributed by atoms with E-state index < -0.39 is 0 Å². The molecule has 0 aliphatic carbocycles. The maximum absolute atomic E-state index is 6.04. The fourth-order valence-corrected chi connectivity index (χ4v) is 2.12. The Labute approximate surface area is 121 Å². The summed E-state index contributed by atoms with van der Waals surface area (Å²) in [6, 6.07) is 1.59. The van der Waals surface area contributed by atoms with Crippen LogP contribution in [-0.2, 0) is 6.42 Å². The van der Waals surface area contributed by atoms with Gasteiger partial charge in [0, 0.05) is 12.6 Å². The molecule has 1 unspecified atom stereocenters. The average Bonchev–Trinajstić information content (AvgIpc) is 2.84. The molecule has 0 saturated carbocycles. The third kappa shape index (κ3) is 3.43. The number of nitrogens with two attached hydrogens (primary N) is 1. The van der Waals surface area contributed by atoms with Gasteiger partial charge in [0.15, 0.2) is 0 Å². The van der Waals surface area contributed by atoms with Gasteiger partial charge in [0.25, 0.3) is 0 Å². The highest BCUT2D eigenvalue weighted by Crippen LogP contribution is 2.26. The highest BCUT2D eigenvalue weighted by atomic mass is 35.5. The second kappa shape index (κ2) is 6.32. The van der Waals surface area contributed by atoms with Crippen LogP contribution in [0.5, 0.6) is 0 Å². The Morgan fingerprint density at radius 3 is 2.84 bits per heavy atom. The van der Waals surface area contributed by atoms with E-state index in [0.717, 1.165) is 6.42 Å². The third-order valence-electron chi connectivity index (χ3n) is 2.86. The first-order valence-corrected chi connectivity index (χ1v) is 6.73. The monoisotopic (exact) mass is 300 g/mol. The molecule has 2 heterocycles. The van der Waals surface area contributed by atoms with Gasteiger partial charge in [-0.05, 0) is 18.5 Å². The molecule has 2 N–H and O–H groups in total. The van der Waals surface area contributed by atoms with E-state index in [0.29, 0.717) is 46.3 Å². The van der Waals surface area contributed by atoms with Gasteiger partial charge in [-0.25, -0.2) is 4.98 Å². The summed E-state index contributed by atoms with van der Waals surface area (Å²) >= 11 is 11.8. The summed E-state index contributed by atoms with van der Waals surface area (Å²) in [5.41, 5.74) is 6.11. The van der Waals surface area contributed by atoms with Gasteiger partial charge in [0.2, 0.25) is 11.7 Å². The largest absolute Gasteiger partial charge is 0.339 e. The topological polar surface area (TPSA) is 77.8 Å². The van der Waals surface area contributed by atoms with Gasteiger partial charge < -0.3 is 10.3 Å². The van der Waals surface area contributed by atoms with Crippen molar-refractivity contribution < 1.29 is 4.52 Å². The molecular formula is C12H14Cl2N4O. The first kappa shape index (κ1) is 14.2. The Hall–Kier alpha value is -1.17. The molecule has 0 radical (unpaired) electrons. The lowest BCUT2D eigenvalue weighted by atomic mass is 10.0. The Morgan fingerprint density at radius 2 is 2.21 bits per heavy atom. The van der Waals surface area contributed by atoms with Crippen LogP contribution in [0.25, 0.3) is 11.5 Å². The summed E-state index contributed by atoms with van der Waals surface area (Å²) in [4.78, 5) is 8.39. The minimum atomic E-state index is 0.335. The maximum atomic E-state index is 6.04. The predicted molar refractivity (Wildman–Crippen MR) is 74.1 cm³/mol. The van der Waals surface area contributed by atoms with Crippen molar-refractivity contribution in [3.05, 3.63) is 28.2 Å². The van der Waals surface area contributed by atoms with Gasteiger partial charge in [-0.1, -0.05) is 41.7 Å². The first-order valence-electron chi connectivity index (χ1n) is 5.98. The number of pyridine rings is 1. The van der Waals surface area contributed by atoms with Crippen molar-refractivity contribution in [1.82, 2.24) is 15.1 Å². The fourth-order valence-electron chi connectivity index (χ4n) is 1.65. The summed E-state index contributed by atoms with van der Waals surface area (Å²) in [5, 5.41) is 4.74. The molecule has 1 atom stereocenters. The van der Waals surface area contributed by atoms with E-state index in [1.165, 1.54) is 6.20 Å². The van der Waals surface area contributed by atoms with E-state index >= 15 is 0 Å². The molecule has 0 aliphatic rings. The molecule has 0 aliphatic heterocycles. The predicted octanol–water partition coefficient (Wildman–Crippen LogP) is 2.97. The second-order valence-electron chi connectivity index (χ2n) is 4.21. The molecule has 2 aromatic rings. The van der Waals surface area contributed by atoms with Crippen LogP contribution in [0.3, 0.4) is 0 Å². The molecular weight excluding hydrogens is 287 g/mol. The molecule has 0 spiro atoms. The molecule has 5 nitrogen and oxygen atoms in total. The van der Waals surface area contributed by atoms with Crippen molar-refractivity contribution in [2.24, 2.45) is 11.7 Å². The van der Waals surface area contributed by atoms with E-state index in [2.05, 4.69) is 22.0 Å². The van der Waals surface area contributed by atoms with Crippen molar-refractivity contribution in [2.45, 2.75) is 19.8 Å². The minimum Gasteiger partial charge on any atom is -0.339 e. The summed E-state index contributed by atoms with van der Waals surface area (Å²) in [6.45, 7) is 2.67. The zero-order chi connectivity index (χ0) is 13.8. The van der Waals surface area contributed by atoms with Gasteiger partial charge >= 0.3 is 0 Å². The third-order valence-corrected chi connectivity index (χ3v) is 3.36. The average molecular weight is 301 g/mol. The molecule has 0 amide bonds. The highest BCUT2D eigenvalue weighted by molar-refractivity contribution is 6.35. The van der Waals surface area contributed by atoms with Crippen molar-refractivity contribution >= 4 is 23.2 Å². The quantitative estimate of drug-likeness (QED) is 0.918. The van der Waals surface area contributed by atoms with Crippen molar-refractivity contribution in [3.63, 3.8) is 0 Å². The number of hydrogen-bond acceptors (Lipinski definition) is 5. The van der Waals surface area contributed by atoms with Crippen LogP contribution < -0.4 is 5.73 Å². The van der Waals surface area contributed by atoms with E-state index in [1.54, 1.807) is 6.07 Å². The van der Waals surface area contributed by atoms with Crippen molar-refractivity contribution in [3.8, 4) is 11.5 Å². The van der Waals surface area contributed by atoms with Crippen LogP contribution in [0.15, 0.2) is 16.8 Å². The standard InChI is InChI=1S/C12H14Cl2N4O/c1-2-7(5-15)3-10-17-12(18-19-10)11-9(14)4-8(13)6-16-11/h4,6-7H,2-3,5,15H2,1H3. The van der Waals surface area contributed by atoms with Gasteiger partial charge in [0.1, 0.15) is 5.69 Å². The maximum Gasteiger partial charge on any atom is 0.227 e. The SMILES string of the molecule is CCC(CN)Cc1nc(-c2ncc(Cl)cc2Cl)no1. The minimum absolute atomic E-state index is 0.335. The highest BCUT2D eigenvalue weighted by Gasteiger charge is 2.16. The van der Waals surface area contributed by atoms with Gasteiger partial charge in [0.05, 0.1) is 10.0 Å². The lowest BCUT2D eigenvalue weighted by molar-refractivity contribution is 0.350. The molecule has 19 heavy (non-hydrogen) atoms. The zero-order valence-corrected chi connectivity index (χ0v) is 11.9. The normalized spacial score (nSPS) is 12.6. The van der Waals surface area contributed by atoms with Crippen molar-refractivity contribution in [1.29, 1.82) is 0 Å². The Balaban J connectivity index is 2.20. The fraction of sp³-hybridized carbons (Fsp3) is 0.417. The van der Waals surface area contributed by atoms with Crippen LogP contribution in [0, 0.1) is 5.92 Å². The Bertz CT molecular complexity index is 554. The number of nitrogens with zero attached hydrogens (tertiary/aromatic N) is 3. The zero-order valence-electron chi connectivity index (χ0n) is 10.4. The molecule has 0 bridgehead atoms. The molecule has 0 fully saturated rings. The van der Waals surface area contributed by atoms with E-state index in [4.69, 9.17) is 33.5 Å². The molecule has 7 heteroatoms. The summed E-state index contributed by atoms with van der Waals surface area (Å²) in [7, 11) is 0. The molecule has 2 rings (SSSR count). The summed E-state index contributed by atoms with van der Waals surface area (Å²) < 4.78 is 5.19. The van der Waals surface area contributed by atoms with Gasteiger partial charge in [-0.3, -0.25) is 0 Å². The van der Waals surface area contributed by atoms with Gasteiger partial charge in [-0.15, -0.1) is 0 Å². The van der Waals surface area contributed by atoms with Gasteiger partial charge in [-0.2, -0.15) is 4.98 Å². The first-order chi connectivity index (χ1) is 9.13. The van der Waals surface area contributed by atoms with Crippen LogP contribution in [-0.4, -0.2) is 21.7 Å². The molecule has 0 saturated heterocycles. The number of rotatable bonds is 5. The molecule has 2 aromatic heterocycles. The Morgan fingerprint density at radius 1 is 1.42 bits per heavy atom. The van der Waals surface area contributed by atoms with E-state index in [-0.39, 0.29) is 0 Å². The lowest BCUT2D eigenvalue weighted by Gasteiger charge is -2.07. The second-order valence-corrected chi connectivity index (χ2v) is 5.05. The lowest BCUT2D eigenvalue weighted by Crippen LogP contribution is -2.15. The molecule has 102 valence electrons. The van der Waals surface area contributed by atoms with Crippen LogP contribution >= 0.6 is 23.2 Å².